The van der Waals surface area contributed by atoms with Crippen molar-refractivity contribution < 1.29 is 13.5 Å². The molecule has 6 heteroatoms. The van der Waals surface area contributed by atoms with Crippen LogP contribution in [0.4, 0.5) is 0 Å². The molecule has 1 N–H and O–H groups in total. The zero-order valence-electron chi connectivity index (χ0n) is 8.81. The fraction of sp³-hybridized carbons (Fsp3) is 0.400. The molecule has 90 valence electrons. The second-order valence-corrected chi connectivity index (χ2v) is 10.5. The fourth-order valence-corrected chi connectivity index (χ4v) is 2.22. The SMILES string of the molecule is Cc1ccc([C@@H](O)C(Br)(Br)S(C)(=O)=O)cc1. The molecular formula is C10H12Br2O3S. The first-order valence-corrected chi connectivity index (χ1v) is 7.96. The molecule has 0 fully saturated rings. The normalized spacial score (nSPS) is 14.8. The molecule has 0 unspecified atom stereocenters. The van der Waals surface area contributed by atoms with Gasteiger partial charge in [-0.2, -0.15) is 0 Å². The Morgan fingerprint density at radius 2 is 1.69 bits per heavy atom. The van der Waals surface area contributed by atoms with Crippen molar-refractivity contribution in [3.05, 3.63) is 35.4 Å². The van der Waals surface area contributed by atoms with Gasteiger partial charge >= 0.3 is 0 Å². The lowest BCUT2D eigenvalue weighted by Gasteiger charge is -2.25. The van der Waals surface area contributed by atoms with Crippen LogP contribution in [0.5, 0.6) is 0 Å². The number of aliphatic hydroxyl groups excluding tert-OH is 1. The lowest BCUT2D eigenvalue weighted by Crippen LogP contribution is -2.31. The van der Waals surface area contributed by atoms with E-state index in [2.05, 4.69) is 31.9 Å². The van der Waals surface area contributed by atoms with Gasteiger partial charge in [0.25, 0.3) is 0 Å². The van der Waals surface area contributed by atoms with Crippen molar-refractivity contribution in [1.29, 1.82) is 0 Å². The third-order valence-corrected chi connectivity index (χ3v) is 7.81. The Morgan fingerprint density at radius 3 is 2.06 bits per heavy atom. The van der Waals surface area contributed by atoms with E-state index >= 15 is 0 Å². The van der Waals surface area contributed by atoms with Crippen molar-refractivity contribution in [3.8, 4) is 0 Å². The van der Waals surface area contributed by atoms with Crippen LogP contribution in [0.15, 0.2) is 24.3 Å². The summed E-state index contributed by atoms with van der Waals surface area (Å²) >= 11 is 6.00. The molecule has 0 radical (unpaired) electrons. The molecule has 0 aliphatic carbocycles. The van der Waals surface area contributed by atoms with Gasteiger partial charge < -0.3 is 5.11 Å². The van der Waals surface area contributed by atoms with Crippen molar-refractivity contribution in [2.24, 2.45) is 0 Å². The lowest BCUT2D eigenvalue weighted by molar-refractivity contribution is 0.189. The molecule has 0 saturated carbocycles. The first-order valence-electron chi connectivity index (χ1n) is 4.48. The maximum Gasteiger partial charge on any atom is 0.210 e. The van der Waals surface area contributed by atoms with Gasteiger partial charge in [-0.25, -0.2) is 8.42 Å². The summed E-state index contributed by atoms with van der Waals surface area (Å²) in [4.78, 5) is 0. The molecule has 3 nitrogen and oxygen atoms in total. The summed E-state index contributed by atoms with van der Waals surface area (Å²) < 4.78 is 21.4. The number of sulfone groups is 1. The van der Waals surface area contributed by atoms with Gasteiger partial charge in [0.2, 0.25) is 2.57 Å². The van der Waals surface area contributed by atoms with Crippen LogP contribution in [0, 0.1) is 6.92 Å². The van der Waals surface area contributed by atoms with E-state index in [4.69, 9.17) is 0 Å². The molecule has 0 saturated heterocycles. The van der Waals surface area contributed by atoms with E-state index < -0.39 is 18.5 Å². The zero-order valence-corrected chi connectivity index (χ0v) is 12.8. The van der Waals surface area contributed by atoms with Gasteiger partial charge in [-0.1, -0.05) is 61.7 Å². The summed E-state index contributed by atoms with van der Waals surface area (Å²) in [5.41, 5.74) is 1.58. The number of hydrogen-bond donors (Lipinski definition) is 1. The summed E-state index contributed by atoms with van der Waals surface area (Å²) in [6.45, 7) is 1.92. The van der Waals surface area contributed by atoms with Gasteiger partial charge in [-0.15, -0.1) is 0 Å². The van der Waals surface area contributed by atoms with Crippen molar-refractivity contribution in [3.63, 3.8) is 0 Å². The Kier molecular flexibility index (Phi) is 4.21. The summed E-state index contributed by atoms with van der Waals surface area (Å²) in [7, 11) is -3.48. The highest BCUT2D eigenvalue weighted by Crippen LogP contribution is 2.43. The zero-order chi connectivity index (χ0) is 12.6. The largest absolute Gasteiger partial charge is 0.385 e. The molecule has 0 aromatic heterocycles. The van der Waals surface area contributed by atoms with Crippen molar-refractivity contribution >= 4 is 41.7 Å². The Hall–Kier alpha value is 0.0900. The van der Waals surface area contributed by atoms with Gasteiger partial charge in [0.15, 0.2) is 9.84 Å². The topological polar surface area (TPSA) is 54.4 Å². The van der Waals surface area contributed by atoms with E-state index in [0.717, 1.165) is 11.8 Å². The molecule has 1 aromatic rings. The van der Waals surface area contributed by atoms with Crippen molar-refractivity contribution in [2.45, 2.75) is 15.6 Å². The van der Waals surface area contributed by atoms with Crippen LogP contribution in [0.3, 0.4) is 0 Å². The predicted octanol–water partition coefficient (Wildman–Crippen LogP) is 2.52. The smallest absolute Gasteiger partial charge is 0.210 e. The second kappa shape index (κ2) is 4.76. The number of benzene rings is 1. The Bertz CT molecular complexity index is 465. The lowest BCUT2D eigenvalue weighted by atomic mass is 10.1. The molecule has 1 atom stereocenters. The van der Waals surface area contributed by atoms with Crippen molar-refractivity contribution in [2.75, 3.05) is 6.26 Å². The third-order valence-electron chi connectivity index (χ3n) is 2.21. The van der Waals surface area contributed by atoms with Crippen LogP contribution >= 0.6 is 31.9 Å². The molecular weight excluding hydrogens is 360 g/mol. The monoisotopic (exact) mass is 370 g/mol. The number of alkyl halides is 2. The first kappa shape index (κ1) is 14.2. The van der Waals surface area contributed by atoms with Crippen LogP contribution in [-0.4, -0.2) is 22.3 Å². The molecule has 0 spiro atoms. The van der Waals surface area contributed by atoms with Crippen LogP contribution in [0.1, 0.15) is 17.2 Å². The van der Waals surface area contributed by atoms with Gasteiger partial charge in [-0.05, 0) is 12.5 Å². The average molecular weight is 372 g/mol. The van der Waals surface area contributed by atoms with Gasteiger partial charge in [-0.3, -0.25) is 0 Å². The molecule has 0 bridgehead atoms. The fourth-order valence-electron chi connectivity index (χ4n) is 1.15. The van der Waals surface area contributed by atoms with Crippen LogP contribution in [-0.2, 0) is 9.84 Å². The number of aliphatic hydroxyl groups is 1. The van der Waals surface area contributed by atoms with E-state index in [0.29, 0.717) is 5.56 Å². The second-order valence-electron chi connectivity index (χ2n) is 3.65. The highest BCUT2D eigenvalue weighted by molar-refractivity contribution is 9.27. The summed E-state index contributed by atoms with van der Waals surface area (Å²) in [6, 6.07) is 7.03. The number of hydrogen-bond acceptors (Lipinski definition) is 3. The molecule has 0 aliphatic heterocycles. The molecule has 1 aromatic carbocycles. The number of rotatable bonds is 3. The standard InChI is InChI=1S/C10H12Br2O3S/c1-7-3-5-8(6-4-7)9(13)10(11,12)16(2,14)15/h3-6,9,13H,1-2H3/t9-/m1/s1. The number of halogens is 2. The maximum absolute atomic E-state index is 11.5. The minimum Gasteiger partial charge on any atom is -0.385 e. The van der Waals surface area contributed by atoms with E-state index in [9.17, 15) is 13.5 Å². The first-order chi connectivity index (χ1) is 7.16. The number of aryl methyl sites for hydroxylation is 1. The minimum atomic E-state index is -3.48. The van der Waals surface area contributed by atoms with Crippen molar-refractivity contribution in [1.82, 2.24) is 0 Å². The minimum absolute atomic E-state index is 0.532. The molecule has 1 rings (SSSR count). The van der Waals surface area contributed by atoms with E-state index in [1.54, 1.807) is 12.1 Å². The summed E-state index contributed by atoms with van der Waals surface area (Å²) in [5, 5.41) is 10.0. The molecule has 16 heavy (non-hydrogen) atoms. The maximum atomic E-state index is 11.5. The van der Waals surface area contributed by atoms with Crippen LogP contribution in [0.25, 0.3) is 0 Å². The van der Waals surface area contributed by atoms with Crippen LogP contribution < -0.4 is 0 Å². The Labute approximate surface area is 112 Å². The van der Waals surface area contributed by atoms with Gasteiger partial charge in [0, 0.05) is 6.26 Å². The van der Waals surface area contributed by atoms with Gasteiger partial charge in [0.05, 0.1) is 0 Å². The van der Waals surface area contributed by atoms with E-state index in [1.165, 1.54) is 0 Å². The Morgan fingerprint density at radius 1 is 1.25 bits per heavy atom. The summed E-state index contributed by atoms with van der Waals surface area (Å²) in [5.74, 6) is 0. The molecule has 0 amide bonds. The predicted molar refractivity (Wildman–Crippen MR) is 71.6 cm³/mol. The Balaban J connectivity index is 3.12. The molecule has 0 heterocycles. The van der Waals surface area contributed by atoms with E-state index in [-0.39, 0.29) is 0 Å². The van der Waals surface area contributed by atoms with Crippen LogP contribution in [0.2, 0.25) is 0 Å². The summed E-state index contributed by atoms with van der Waals surface area (Å²) in [6.07, 6.45) is -0.128. The molecule has 0 aliphatic rings. The highest BCUT2D eigenvalue weighted by Gasteiger charge is 2.43. The third kappa shape index (κ3) is 2.85. The van der Waals surface area contributed by atoms with E-state index in [1.807, 2.05) is 19.1 Å². The quantitative estimate of drug-likeness (QED) is 0.830. The highest BCUT2D eigenvalue weighted by atomic mass is 79.9. The van der Waals surface area contributed by atoms with Gasteiger partial charge in [0.1, 0.15) is 6.10 Å². The average Bonchev–Trinajstić information content (AvgIpc) is 2.16.